The van der Waals surface area contributed by atoms with Gasteiger partial charge in [-0.3, -0.25) is 9.78 Å². The normalized spacial score (nSPS) is 16.4. The zero-order chi connectivity index (χ0) is 26.4. The zero-order valence-electron chi connectivity index (χ0n) is 21.0. The first-order chi connectivity index (χ1) is 18.3. The molecule has 0 bridgehead atoms. The second kappa shape index (κ2) is 9.50. The van der Waals surface area contributed by atoms with Crippen molar-refractivity contribution in [2.45, 2.75) is 45.0 Å². The first kappa shape index (κ1) is 24.5. The monoisotopic (exact) mass is 536 g/mol. The maximum atomic E-state index is 13.0. The fourth-order valence-electron chi connectivity index (χ4n) is 4.34. The van der Waals surface area contributed by atoms with Crippen molar-refractivity contribution < 1.29 is 18.7 Å². The highest BCUT2D eigenvalue weighted by molar-refractivity contribution is 6.33. The number of aryl methyl sites for hydroxylation is 1. The van der Waals surface area contributed by atoms with Crippen molar-refractivity contribution in [3.8, 4) is 23.0 Å². The van der Waals surface area contributed by atoms with Gasteiger partial charge >= 0.3 is 0 Å². The summed E-state index contributed by atoms with van der Waals surface area (Å²) in [5.41, 5.74) is 3.51. The van der Waals surface area contributed by atoms with Crippen LogP contribution in [-0.4, -0.2) is 66.8 Å². The third-order valence-corrected chi connectivity index (χ3v) is 7.13. The summed E-state index contributed by atoms with van der Waals surface area (Å²) >= 11 is 6.72. The molecule has 1 amide bonds. The minimum atomic E-state index is -0.954. The van der Waals surface area contributed by atoms with Crippen molar-refractivity contribution >= 4 is 28.7 Å². The second-order valence-corrected chi connectivity index (χ2v) is 10.5. The summed E-state index contributed by atoms with van der Waals surface area (Å²) in [4.78, 5) is 31.9. The van der Waals surface area contributed by atoms with Crippen molar-refractivity contribution in [3.63, 3.8) is 0 Å². The number of fused-ring (bicyclic) bond motifs is 1. The van der Waals surface area contributed by atoms with Crippen LogP contribution in [0.4, 0.5) is 4.39 Å². The number of ether oxygens (including phenoxy) is 2. The first-order valence-electron chi connectivity index (χ1n) is 12.4. The average molecular weight is 537 g/mol. The highest BCUT2D eigenvalue weighted by Gasteiger charge is 2.41. The van der Waals surface area contributed by atoms with E-state index in [0.29, 0.717) is 45.7 Å². The van der Waals surface area contributed by atoms with Gasteiger partial charge in [-0.2, -0.15) is 4.98 Å². The average Bonchev–Trinajstić information content (AvgIpc) is 3.49. The molecule has 0 radical (unpaired) electrons. The maximum absolute atomic E-state index is 13.0. The lowest BCUT2D eigenvalue weighted by atomic mass is 10.2. The Balaban J connectivity index is 1.34. The number of imidazole rings is 1. The van der Waals surface area contributed by atoms with Crippen molar-refractivity contribution in [1.29, 1.82) is 0 Å². The van der Waals surface area contributed by atoms with Gasteiger partial charge in [-0.05, 0) is 62.6 Å². The van der Waals surface area contributed by atoms with Crippen LogP contribution in [-0.2, 0) is 11.3 Å². The standard InChI is InChI=1S/C27H26ClFN6O3/c1-16-5-8-30-18(9-16)13-35-24(33-23-25(35)31-15-32-26(23)38-27(2)6-7-27)20-4-3-19(10-21(20)28)37-14-22(36)34-11-17(29)12-34/h3-5,8-10,15,17H,6-7,11-14H2,1-2H3. The minimum Gasteiger partial charge on any atom is -0.484 e. The molecular weight excluding hydrogens is 511 g/mol. The molecule has 2 aliphatic rings. The lowest BCUT2D eigenvalue weighted by Crippen LogP contribution is -2.52. The third-order valence-electron chi connectivity index (χ3n) is 6.82. The number of carbonyl (C=O) groups excluding carboxylic acids is 1. The van der Waals surface area contributed by atoms with E-state index >= 15 is 0 Å². The van der Waals surface area contributed by atoms with Crippen LogP contribution in [0.3, 0.4) is 0 Å². The van der Waals surface area contributed by atoms with Crippen LogP contribution in [0.5, 0.6) is 11.6 Å². The maximum Gasteiger partial charge on any atom is 0.260 e. The lowest BCUT2D eigenvalue weighted by molar-refractivity contribution is -0.140. The van der Waals surface area contributed by atoms with Crippen molar-refractivity contribution in [1.82, 2.24) is 29.4 Å². The van der Waals surface area contributed by atoms with Gasteiger partial charge in [-0.25, -0.2) is 14.4 Å². The summed E-state index contributed by atoms with van der Waals surface area (Å²) in [5.74, 6) is 1.18. The van der Waals surface area contributed by atoms with Crippen LogP contribution in [0.1, 0.15) is 31.0 Å². The van der Waals surface area contributed by atoms with Crippen LogP contribution < -0.4 is 9.47 Å². The number of carbonyl (C=O) groups is 1. The number of aromatic nitrogens is 5. The van der Waals surface area contributed by atoms with Gasteiger partial charge in [-0.1, -0.05) is 11.6 Å². The first-order valence-corrected chi connectivity index (χ1v) is 12.8. The molecule has 11 heteroatoms. The molecule has 9 nitrogen and oxygen atoms in total. The summed E-state index contributed by atoms with van der Waals surface area (Å²) in [6.45, 7) is 4.52. The number of hydrogen-bond donors (Lipinski definition) is 0. The number of hydrogen-bond acceptors (Lipinski definition) is 7. The molecule has 1 saturated heterocycles. The molecule has 0 spiro atoms. The van der Waals surface area contributed by atoms with Gasteiger partial charge in [0, 0.05) is 11.8 Å². The van der Waals surface area contributed by atoms with Crippen molar-refractivity contribution in [2.24, 2.45) is 0 Å². The lowest BCUT2D eigenvalue weighted by Gasteiger charge is -2.34. The van der Waals surface area contributed by atoms with Gasteiger partial charge in [-0.15, -0.1) is 0 Å². The Hall–Kier alpha value is -3.79. The Morgan fingerprint density at radius 1 is 1.18 bits per heavy atom. The molecule has 4 heterocycles. The fraction of sp³-hybridized carbons (Fsp3) is 0.370. The molecule has 3 aromatic heterocycles. The number of halogens is 2. The summed E-state index contributed by atoms with van der Waals surface area (Å²) in [6, 6.07) is 9.12. The zero-order valence-corrected chi connectivity index (χ0v) is 21.8. The molecule has 38 heavy (non-hydrogen) atoms. The molecular formula is C27H26ClFN6O3. The molecule has 0 N–H and O–H groups in total. The number of pyridine rings is 1. The quantitative estimate of drug-likeness (QED) is 0.329. The van der Waals surface area contributed by atoms with Crippen LogP contribution in [0.15, 0.2) is 42.9 Å². The second-order valence-electron chi connectivity index (χ2n) is 10.1. The van der Waals surface area contributed by atoms with Crippen LogP contribution in [0, 0.1) is 6.92 Å². The van der Waals surface area contributed by atoms with Gasteiger partial charge in [0.25, 0.3) is 5.91 Å². The number of likely N-dealkylation sites (tertiary alicyclic amines) is 1. The predicted octanol–water partition coefficient (Wildman–Crippen LogP) is 4.39. The topological polar surface area (TPSA) is 95.3 Å². The number of benzene rings is 1. The molecule has 1 saturated carbocycles. The molecule has 6 rings (SSSR count). The molecule has 2 fully saturated rings. The van der Waals surface area contributed by atoms with Gasteiger partial charge in [0.1, 0.15) is 29.7 Å². The predicted molar refractivity (Wildman–Crippen MR) is 139 cm³/mol. The number of alkyl halides is 1. The van der Waals surface area contributed by atoms with Gasteiger partial charge in [0.2, 0.25) is 5.88 Å². The molecule has 1 aliphatic heterocycles. The molecule has 196 valence electrons. The Kier molecular flexibility index (Phi) is 6.14. The van der Waals surface area contributed by atoms with E-state index in [-0.39, 0.29) is 31.2 Å². The number of rotatable bonds is 8. The van der Waals surface area contributed by atoms with Crippen LogP contribution in [0.2, 0.25) is 5.02 Å². The van der Waals surface area contributed by atoms with Crippen molar-refractivity contribution in [3.05, 3.63) is 59.1 Å². The van der Waals surface area contributed by atoms with E-state index in [1.165, 1.54) is 11.2 Å². The Bertz CT molecular complexity index is 1530. The molecule has 0 unspecified atom stereocenters. The van der Waals surface area contributed by atoms with E-state index in [9.17, 15) is 9.18 Å². The van der Waals surface area contributed by atoms with E-state index in [1.54, 1.807) is 24.4 Å². The molecule has 1 aliphatic carbocycles. The Morgan fingerprint density at radius 2 is 2.00 bits per heavy atom. The van der Waals surface area contributed by atoms with Crippen LogP contribution in [0.25, 0.3) is 22.6 Å². The highest BCUT2D eigenvalue weighted by Crippen LogP contribution is 2.41. The van der Waals surface area contributed by atoms with Gasteiger partial charge in [0.05, 0.1) is 30.4 Å². The largest absolute Gasteiger partial charge is 0.484 e. The molecule has 1 aromatic carbocycles. The van der Waals surface area contributed by atoms with Crippen molar-refractivity contribution in [2.75, 3.05) is 19.7 Å². The number of nitrogens with zero attached hydrogens (tertiary/aromatic N) is 6. The number of amides is 1. The Morgan fingerprint density at radius 3 is 2.71 bits per heavy atom. The fourth-order valence-corrected chi connectivity index (χ4v) is 4.59. The van der Waals surface area contributed by atoms with E-state index in [2.05, 4.69) is 15.0 Å². The van der Waals surface area contributed by atoms with Gasteiger partial charge in [0.15, 0.2) is 17.8 Å². The third kappa shape index (κ3) is 4.88. The van der Waals surface area contributed by atoms with E-state index in [1.807, 2.05) is 30.5 Å². The summed E-state index contributed by atoms with van der Waals surface area (Å²) in [5, 5.41) is 0.390. The van der Waals surface area contributed by atoms with E-state index < -0.39 is 6.17 Å². The minimum absolute atomic E-state index is 0.113. The molecule has 4 aromatic rings. The summed E-state index contributed by atoms with van der Waals surface area (Å²) in [7, 11) is 0. The highest BCUT2D eigenvalue weighted by atomic mass is 35.5. The summed E-state index contributed by atoms with van der Waals surface area (Å²) in [6.07, 6.45) is 4.22. The van der Waals surface area contributed by atoms with E-state index in [0.717, 1.165) is 24.1 Å². The van der Waals surface area contributed by atoms with Crippen LogP contribution >= 0.6 is 11.6 Å². The summed E-state index contributed by atoms with van der Waals surface area (Å²) < 4.78 is 26.8. The SMILES string of the molecule is Cc1ccnc(Cn2c(-c3ccc(OCC(=O)N4CC(F)C4)cc3Cl)nc3c(OC4(C)CC4)ncnc32)c1. The van der Waals surface area contributed by atoms with E-state index in [4.69, 9.17) is 26.1 Å². The Labute approximate surface area is 223 Å². The molecule has 0 atom stereocenters. The van der Waals surface area contributed by atoms with Gasteiger partial charge < -0.3 is 18.9 Å². The smallest absolute Gasteiger partial charge is 0.260 e.